The first-order chi connectivity index (χ1) is 11.3. The monoisotopic (exact) mass is 334 g/mol. The maximum absolute atomic E-state index is 13.5. The van der Waals surface area contributed by atoms with E-state index in [4.69, 9.17) is 4.74 Å². The molecule has 1 aromatic heterocycles. The van der Waals surface area contributed by atoms with Gasteiger partial charge in [-0.1, -0.05) is 0 Å². The number of carboxylic acids is 1. The van der Waals surface area contributed by atoms with Crippen molar-refractivity contribution in [3.05, 3.63) is 53.1 Å². The summed E-state index contributed by atoms with van der Waals surface area (Å²) in [5.41, 5.74) is -0.0415. The Bertz CT molecular complexity index is 792. The smallest absolute Gasteiger partial charge is 0.307 e. The maximum atomic E-state index is 13.5. The highest BCUT2D eigenvalue weighted by Gasteiger charge is 2.60. The standard InChI is InChI=1S/C17H16F2N2O3/c1-9-15(7-20-10(2)21-9)24-8-17(6-14(17)16(22)23)11-3-12(18)5-13(19)4-11/h3-5,7,14H,6,8H2,1-2H3,(H,22,23)/t14-,17+/m0/s1. The van der Waals surface area contributed by atoms with Gasteiger partial charge in [0.15, 0.2) is 5.75 Å². The van der Waals surface area contributed by atoms with Crippen molar-refractivity contribution in [1.29, 1.82) is 0 Å². The third-order valence-electron chi connectivity index (χ3n) is 4.35. The summed E-state index contributed by atoms with van der Waals surface area (Å²) in [6, 6.07) is 3.08. The summed E-state index contributed by atoms with van der Waals surface area (Å²) in [6.07, 6.45) is 1.77. The molecule has 0 unspecified atom stereocenters. The Kier molecular flexibility index (Phi) is 3.95. The van der Waals surface area contributed by atoms with Crippen LogP contribution in [0.3, 0.4) is 0 Å². The number of benzene rings is 1. The largest absolute Gasteiger partial charge is 0.489 e. The third kappa shape index (κ3) is 2.93. The molecule has 1 aliphatic rings. The lowest BCUT2D eigenvalue weighted by atomic mass is 9.93. The molecule has 2 atom stereocenters. The number of aromatic nitrogens is 2. The highest BCUT2D eigenvalue weighted by atomic mass is 19.1. The van der Waals surface area contributed by atoms with Crippen molar-refractivity contribution in [2.75, 3.05) is 6.61 Å². The van der Waals surface area contributed by atoms with Crippen molar-refractivity contribution in [3.63, 3.8) is 0 Å². The fourth-order valence-electron chi connectivity index (χ4n) is 2.95. The molecule has 1 saturated carbocycles. The lowest BCUT2D eigenvalue weighted by Crippen LogP contribution is -2.24. The number of hydrogen-bond acceptors (Lipinski definition) is 4. The van der Waals surface area contributed by atoms with Crippen LogP contribution in [-0.4, -0.2) is 27.7 Å². The zero-order valence-corrected chi connectivity index (χ0v) is 13.2. The predicted molar refractivity (Wildman–Crippen MR) is 80.8 cm³/mol. The molecule has 3 rings (SSSR count). The minimum atomic E-state index is -1.01. The molecule has 1 fully saturated rings. The van der Waals surface area contributed by atoms with Crippen LogP contribution in [0.1, 0.15) is 23.5 Å². The zero-order chi connectivity index (χ0) is 17.5. The predicted octanol–water partition coefficient (Wildman–Crippen LogP) is 2.79. The van der Waals surface area contributed by atoms with E-state index in [1.165, 1.54) is 6.20 Å². The number of ether oxygens (including phenoxy) is 1. The first-order valence-electron chi connectivity index (χ1n) is 7.44. The summed E-state index contributed by atoms with van der Waals surface area (Å²) in [5, 5.41) is 9.31. The van der Waals surface area contributed by atoms with Crippen molar-refractivity contribution in [2.45, 2.75) is 25.7 Å². The second kappa shape index (κ2) is 5.81. The van der Waals surface area contributed by atoms with Crippen LogP contribution in [0.25, 0.3) is 0 Å². The van der Waals surface area contributed by atoms with E-state index in [9.17, 15) is 18.7 Å². The second-order valence-electron chi connectivity index (χ2n) is 6.06. The third-order valence-corrected chi connectivity index (χ3v) is 4.35. The van der Waals surface area contributed by atoms with Crippen LogP contribution in [0.4, 0.5) is 8.78 Å². The average Bonchev–Trinajstić information content (AvgIpc) is 3.22. The Hall–Kier alpha value is -2.57. The number of hydrogen-bond donors (Lipinski definition) is 1. The number of carbonyl (C=O) groups is 1. The molecule has 0 spiro atoms. The fraction of sp³-hybridized carbons (Fsp3) is 0.353. The average molecular weight is 334 g/mol. The van der Waals surface area contributed by atoms with Gasteiger partial charge in [-0.2, -0.15) is 0 Å². The molecular weight excluding hydrogens is 318 g/mol. The van der Waals surface area contributed by atoms with Gasteiger partial charge in [0.1, 0.15) is 17.5 Å². The van der Waals surface area contributed by atoms with Crippen molar-refractivity contribution < 1.29 is 23.4 Å². The van der Waals surface area contributed by atoms with Crippen LogP contribution in [0.2, 0.25) is 0 Å². The number of nitrogens with zero attached hydrogens (tertiary/aromatic N) is 2. The van der Waals surface area contributed by atoms with Crippen molar-refractivity contribution >= 4 is 5.97 Å². The molecule has 1 N–H and O–H groups in total. The van der Waals surface area contributed by atoms with Gasteiger partial charge >= 0.3 is 5.97 Å². The SMILES string of the molecule is Cc1ncc(OC[C@@]2(c3cc(F)cc(F)c3)C[C@H]2C(=O)O)c(C)n1. The molecule has 5 nitrogen and oxygen atoms in total. The van der Waals surface area contributed by atoms with Crippen molar-refractivity contribution in [1.82, 2.24) is 9.97 Å². The van der Waals surface area contributed by atoms with E-state index in [2.05, 4.69) is 9.97 Å². The molecule has 0 saturated heterocycles. The Balaban J connectivity index is 1.89. The van der Waals surface area contributed by atoms with Crippen LogP contribution in [0.5, 0.6) is 5.75 Å². The molecule has 2 aromatic rings. The molecular formula is C17H16F2N2O3. The Morgan fingerprint density at radius 3 is 2.54 bits per heavy atom. The van der Waals surface area contributed by atoms with E-state index in [0.717, 1.165) is 18.2 Å². The van der Waals surface area contributed by atoms with Crippen LogP contribution in [0.15, 0.2) is 24.4 Å². The van der Waals surface area contributed by atoms with Gasteiger partial charge in [-0.05, 0) is 38.0 Å². The first-order valence-corrected chi connectivity index (χ1v) is 7.44. The van der Waals surface area contributed by atoms with Gasteiger partial charge in [-0.15, -0.1) is 0 Å². The molecule has 126 valence electrons. The van der Waals surface area contributed by atoms with Crippen molar-refractivity contribution in [2.24, 2.45) is 5.92 Å². The van der Waals surface area contributed by atoms with E-state index >= 15 is 0 Å². The van der Waals surface area contributed by atoms with Gasteiger partial charge in [-0.3, -0.25) is 4.79 Å². The maximum Gasteiger partial charge on any atom is 0.307 e. The summed E-state index contributed by atoms with van der Waals surface area (Å²) in [4.78, 5) is 19.6. The van der Waals surface area contributed by atoms with Gasteiger partial charge in [0.25, 0.3) is 0 Å². The number of halogens is 2. The minimum absolute atomic E-state index is 0.0138. The molecule has 1 aliphatic carbocycles. The Morgan fingerprint density at radius 2 is 2.00 bits per heavy atom. The summed E-state index contributed by atoms with van der Waals surface area (Å²) < 4.78 is 32.8. The number of aliphatic carboxylic acids is 1. The molecule has 7 heteroatoms. The lowest BCUT2D eigenvalue weighted by molar-refractivity contribution is -0.139. The van der Waals surface area contributed by atoms with E-state index in [1.54, 1.807) is 13.8 Å². The van der Waals surface area contributed by atoms with Gasteiger partial charge in [0, 0.05) is 11.5 Å². The lowest BCUT2D eigenvalue weighted by Gasteiger charge is -2.19. The van der Waals surface area contributed by atoms with E-state index < -0.39 is 28.9 Å². The highest BCUT2D eigenvalue weighted by Crippen LogP contribution is 2.55. The van der Waals surface area contributed by atoms with Gasteiger partial charge < -0.3 is 9.84 Å². The number of rotatable bonds is 5. The van der Waals surface area contributed by atoms with Gasteiger partial charge in [0.05, 0.1) is 24.4 Å². The number of carboxylic acid groups (broad SMARTS) is 1. The molecule has 0 amide bonds. The summed E-state index contributed by atoms with van der Waals surface area (Å²) >= 11 is 0. The molecule has 0 bridgehead atoms. The topological polar surface area (TPSA) is 72.3 Å². The molecule has 0 aliphatic heterocycles. The second-order valence-corrected chi connectivity index (χ2v) is 6.06. The fourth-order valence-corrected chi connectivity index (χ4v) is 2.95. The van der Waals surface area contributed by atoms with Crippen LogP contribution in [0, 0.1) is 31.4 Å². The first kappa shape index (κ1) is 16.3. The quantitative estimate of drug-likeness (QED) is 0.910. The summed E-state index contributed by atoms with van der Waals surface area (Å²) in [6.45, 7) is 3.48. The molecule has 0 radical (unpaired) electrons. The summed E-state index contributed by atoms with van der Waals surface area (Å²) in [5.74, 6) is -2.22. The van der Waals surface area contributed by atoms with E-state index in [1.807, 2.05) is 0 Å². The minimum Gasteiger partial charge on any atom is -0.489 e. The van der Waals surface area contributed by atoms with Gasteiger partial charge in [-0.25, -0.2) is 18.7 Å². The molecule has 1 heterocycles. The Labute approximate surface area is 137 Å². The summed E-state index contributed by atoms with van der Waals surface area (Å²) in [7, 11) is 0. The van der Waals surface area contributed by atoms with Gasteiger partial charge in [0.2, 0.25) is 0 Å². The van der Waals surface area contributed by atoms with Crippen molar-refractivity contribution in [3.8, 4) is 5.75 Å². The van der Waals surface area contributed by atoms with Crippen LogP contribution in [-0.2, 0) is 10.2 Å². The van der Waals surface area contributed by atoms with E-state index in [-0.39, 0.29) is 18.6 Å². The zero-order valence-electron chi connectivity index (χ0n) is 13.2. The molecule has 24 heavy (non-hydrogen) atoms. The van der Waals surface area contributed by atoms with E-state index in [0.29, 0.717) is 17.3 Å². The normalized spacial score (nSPS) is 22.2. The highest BCUT2D eigenvalue weighted by molar-refractivity contribution is 5.77. The van der Waals surface area contributed by atoms with Crippen LogP contribution < -0.4 is 4.74 Å². The Morgan fingerprint density at radius 1 is 1.33 bits per heavy atom. The molecule has 1 aromatic carbocycles. The number of aryl methyl sites for hydroxylation is 2. The van der Waals surface area contributed by atoms with Crippen LogP contribution >= 0.6 is 0 Å².